The summed E-state index contributed by atoms with van der Waals surface area (Å²) in [6.07, 6.45) is 9.85. The number of hydrogen-bond donors (Lipinski definition) is 2. The minimum atomic E-state index is 0.248. The minimum Gasteiger partial charge on any atom is -0.507 e. The first-order valence-electron chi connectivity index (χ1n) is 11.0. The molecule has 0 aromatic heterocycles. The fourth-order valence-corrected chi connectivity index (χ4v) is 6.97. The highest BCUT2D eigenvalue weighted by Gasteiger charge is 2.51. The molecule has 4 fully saturated rings. The summed E-state index contributed by atoms with van der Waals surface area (Å²) in [6.45, 7) is 0. The number of thioether (sulfide) groups is 1. The number of phenols is 1. The molecule has 4 aliphatic rings. The van der Waals surface area contributed by atoms with Crippen LogP contribution in [0.25, 0.3) is 0 Å². The maximum absolute atomic E-state index is 10.4. The highest BCUT2D eigenvalue weighted by atomic mass is 32.2. The maximum atomic E-state index is 10.4. The second-order valence-electron chi connectivity index (χ2n) is 9.43. The largest absolute Gasteiger partial charge is 0.507 e. The van der Waals surface area contributed by atoms with Gasteiger partial charge in [0.25, 0.3) is 0 Å². The van der Waals surface area contributed by atoms with Gasteiger partial charge in [0.15, 0.2) is 5.17 Å². The van der Waals surface area contributed by atoms with Crippen LogP contribution in [0.15, 0.2) is 58.7 Å². The molecule has 4 nitrogen and oxygen atoms in total. The van der Waals surface area contributed by atoms with Crippen LogP contribution in [0.5, 0.6) is 5.75 Å². The molecule has 30 heavy (non-hydrogen) atoms. The SMILES string of the molecule is NC(=NN=Cc1cc(C23CC4CC(CC(C4)C2)C3)ccc1O)SCc1ccccc1. The average Bonchev–Trinajstić information content (AvgIpc) is 2.73. The summed E-state index contributed by atoms with van der Waals surface area (Å²) in [5.41, 5.74) is 9.60. The third-order valence-electron chi connectivity index (χ3n) is 7.26. The van der Waals surface area contributed by atoms with E-state index >= 15 is 0 Å². The number of amidine groups is 1. The first-order chi connectivity index (χ1) is 14.6. The Kier molecular flexibility index (Phi) is 5.32. The van der Waals surface area contributed by atoms with Crippen molar-refractivity contribution in [1.29, 1.82) is 0 Å². The molecule has 3 N–H and O–H groups in total. The van der Waals surface area contributed by atoms with Crippen molar-refractivity contribution in [3.8, 4) is 5.75 Å². The van der Waals surface area contributed by atoms with Crippen molar-refractivity contribution < 1.29 is 5.11 Å². The highest BCUT2D eigenvalue weighted by Crippen LogP contribution is 2.60. The second kappa shape index (κ2) is 8.10. The lowest BCUT2D eigenvalue weighted by Gasteiger charge is -2.57. The van der Waals surface area contributed by atoms with Crippen molar-refractivity contribution in [2.45, 2.75) is 49.7 Å². The van der Waals surface area contributed by atoms with Crippen LogP contribution in [0.1, 0.15) is 55.2 Å². The van der Waals surface area contributed by atoms with Gasteiger partial charge in [-0.05, 0) is 85.0 Å². The van der Waals surface area contributed by atoms with Gasteiger partial charge < -0.3 is 10.8 Å². The van der Waals surface area contributed by atoms with Gasteiger partial charge in [-0.1, -0.05) is 48.2 Å². The summed E-state index contributed by atoms with van der Waals surface area (Å²) in [6, 6.07) is 16.3. The number of benzene rings is 2. The zero-order chi connectivity index (χ0) is 20.6. The van der Waals surface area contributed by atoms with Crippen LogP contribution in [0, 0.1) is 17.8 Å². The van der Waals surface area contributed by atoms with E-state index in [9.17, 15) is 5.11 Å². The molecule has 6 rings (SSSR count). The molecule has 0 saturated heterocycles. The Labute approximate surface area is 182 Å². The number of hydrogen-bond acceptors (Lipinski definition) is 4. The number of phenolic OH excluding ortho intramolecular Hbond substituents is 1. The molecule has 0 atom stereocenters. The van der Waals surface area contributed by atoms with Gasteiger partial charge in [-0.25, -0.2) is 0 Å². The van der Waals surface area contributed by atoms with Crippen molar-refractivity contribution in [2.24, 2.45) is 33.7 Å². The third-order valence-corrected chi connectivity index (χ3v) is 8.12. The zero-order valence-electron chi connectivity index (χ0n) is 17.2. The Morgan fingerprint density at radius 3 is 2.37 bits per heavy atom. The van der Waals surface area contributed by atoms with E-state index in [0.29, 0.717) is 10.6 Å². The quantitative estimate of drug-likeness (QED) is 0.385. The van der Waals surface area contributed by atoms with Gasteiger partial charge in [-0.15, -0.1) is 5.10 Å². The Morgan fingerprint density at radius 2 is 1.70 bits per heavy atom. The molecular formula is C25H29N3OS. The lowest BCUT2D eigenvalue weighted by molar-refractivity contribution is -0.00520. The highest BCUT2D eigenvalue weighted by molar-refractivity contribution is 8.13. The van der Waals surface area contributed by atoms with Crippen LogP contribution in [0.3, 0.4) is 0 Å². The summed E-state index contributed by atoms with van der Waals surface area (Å²) in [4.78, 5) is 0. The van der Waals surface area contributed by atoms with Gasteiger partial charge in [0.1, 0.15) is 5.75 Å². The molecular weight excluding hydrogens is 390 g/mol. The van der Waals surface area contributed by atoms with Gasteiger partial charge in [0.2, 0.25) is 0 Å². The summed E-state index contributed by atoms with van der Waals surface area (Å²) in [5.74, 6) is 3.70. The summed E-state index contributed by atoms with van der Waals surface area (Å²) in [5, 5.41) is 19.1. The molecule has 0 spiro atoms. The Balaban J connectivity index is 1.29. The van der Waals surface area contributed by atoms with Gasteiger partial charge in [0.05, 0.1) is 6.21 Å². The fraction of sp³-hybridized carbons (Fsp3) is 0.440. The van der Waals surface area contributed by atoms with Crippen LogP contribution < -0.4 is 5.73 Å². The summed E-state index contributed by atoms with van der Waals surface area (Å²) >= 11 is 1.46. The molecule has 0 aliphatic heterocycles. The molecule has 156 valence electrons. The van der Waals surface area contributed by atoms with Crippen molar-refractivity contribution in [1.82, 2.24) is 0 Å². The van der Waals surface area contributed by atoms with Crippen LogP contribution in [0.4, 0.5) is 0 Å². The predicted molar refractivity (Wildman–Crippen MR) is 125 cm³/mol. The van der Waals surface area contributed by atoms with E-state index in [4.69, 9.17) is 5.73 Å². The number of aromatic hydroxyl groups is 1. The normalized spacial score (nSPS) is 30.3. The number of nitrogens with two attached hydrogens (primary N) is 1. The minimum absolute atomic E-state index is 0.248. The van der Waals surface area contributed by atoms with Gasteiger partial charge in [-0.3, -0.25) is 0 Å². The van der Waals surface area contributed by atoms with E-state index in [1.807, 2.05) is 24.3 Å². The lowest BCUT2D eigenvalue weighted by Crippen LogP contribution is -2.48. The zero-order valence-corrected chi connectivity index (χ0v) is 18.0. The first-order valence-corrected chi connectivity index (χ1v) is 11.9. The molecule has 4 saturated carbocycles. The summed E-state index contributed by atoms with van der Waals surface area (Å²) in [7, 11) is 0. The van der Waals surface area contributed by atoms with Gasteiger partial charge >= 0.3 is 0 Å². The van der Waals surface area contributed by atoms with Gasteiger partial charge in [0, 0.05) is 11.3 Å². The molecule has 4 aliphatic carbocycles. The Bertz CT molecular complexity index is 934. The molecule has 2 aromatic carbocycles. The average molecular weight is 420 g/mol. The maximum Gasteiger partial charge on any atom is 0.180 e. The third kappa shape index (κ3) is 4.00. The molecule has 0 amide bonds. The van der Waals surface area contributed by atoms with Crippen molar-refractivity contribution in [3.05, 3.63) is 65.2 Å². The predicted octanol–water partition coefficient (Wildman–Crippen LogP) is 5.44. The monoisotopic (exact) mass is 419 g/mol. The Hall–Kier alpha value is -2.27. The van der Waals surface area contributed by atoms with Crippen molar-refractivity contribution >= 4 is 23.1 Å². The van der Waals surface area contributed by atoms with E-state index in [1.165, 1.54) is 61.4 Å². The van der Waals surface area contributed by atoms with E-state index in [1.54, 1.807) is 6.21 Å². The molecule has 5 heteroatoms. The molecule has 0 unspecified atom stereocenters. The standard InChI is InChI=1S/C25H29N3OS/c26-24(30-16-17-4-2-1-3-5-17)28-27-15-21-11-22(6-7-23(21)29)25-12-18-8-19(13-25)10-20(9-18)14-25/h1-7,11,15,18-20,29H,8-10,12-14,16H2,(H2,26,28). The van der Waals surface area contributed by atoms with E-state index < -0.39 is 0 Å². The number of nitrogens with zero attached hydrogens (tertiary/aromatic N) is 2. The number of rotatable bonds is 5. The first kappa shape index (κ1) is 19.7. The van der Waals surface area contributed by atoms with Crippen LogP contribution in [0.2, 0.25) is 0 Å². The summed E-state index contributed by atoms with van der Waals surface area (Å²) < 4.78 is 0. The van der Waals surface area contributed by atoms with E-state index in [0.717, 1.165) is 29.1 Å². The second-order valence-corrected chi connectivity index (χ2v) is 10.4. The Morgan fingerprint density at radius 1 is 1.03 bits per heavy atom. The topological polar surface area (TPSA) is 71.0 Å². The molecule has 0 heterocycles. The molecule has 4 bridgehead atoms. The lowest BCUT2D eigenvalue weighted by atomic mass is 9.48. The van der Waals surface area contributed by atoms with E-state index in [-0.39, 0.29) is 5.75 Å². The van der Waals surface area contributed by atoms with Crippen LogP contribution >= 0.6 is 11.8 Å². The van der Waals surface area contributed by atoms with E-state index in [2.05, 4.69) is 34.5 Å². The molecule has 2 aromatic rings. The molecule has 0 radical (unpaired) electrons. The van der Waals surface area contributed by atoms with Crippen LogP contribution in [-0.2, 0) is 11.2 Å². The van der Waals surface area contributed by atoms with Crippen LogP contribution in [-0.4, -0.2) is 16.5 Å². The fourth-order valence-electron chi connectivity index (χ4n) is 6.36. The smallest absolute Gasteiger partial charge is 0.180 e. The van der Waals surface area contributed by atoms with Gasteiger partial charge in [-0.2, -0.15) is 5.10 Å². The van der Waals surface area contributed by atoms with Crippen molar-refractivity contribution in [3.63, 3.8) is 0 Å². The van der Waals surface area contributed by atoms with Crippen molar-refractivity contribution in [2.75, 3.05) is 0 Å².